The first-order chi connectivity index (χ1) is 14.9. The number of aryl methyl sites for hydroxylation is 1. The maximum atomic E-state index is 13.4. The van der Waals surface area contributed by atoms with Crippen molar-refractivity contribution in [1.29, 1.82) is 0 Å². The van der Waals surface area contributed by atoms with Crippen LogP contribution in [0.25, 0.3) is 0 Å². The van der Waals surface area contributed by atoms with Gasteiger partial charge in [-0.15, -0.1) is 0 Å². The first-order valence-electron chi connectivity index (χ1n) is 10.4. The molecule has 0 unspecified atom stereocenters. The van der Waals surface area contributed by atoms with Crippen LogP contribution < -0.4 is 14.8 Å². The highest BCUT2D eigenvalue weighted by Crippen LogP contribution is 2.24. The summed E-state index contributed by atoms with van der Waals surface area (Å²) in [5.41, 5.74) is 3.24. The normalized spacial score (nSPS) is 15.4. The second-order valence-corrected chi connectivity index (χ2v) is 7.72. The zero-order chi connectivity index (χ0) is 22.4. The lowest BCUT2D eigenvalue weighted by atomic mass is 10.1. The minimum Gasteiger partial charge on any atom is -0.497 e. The zero-order valence-corrected chi connectivity index (χ0v) is 18.6. The third-order valence-electron chi connectivity index (χ3n) is 5.55. The molecule has 1 N–H and O–H groups in total. The molecule has 0 aliphatic carbocycles. The number of benzene rings is 2. The van der Waals surface area contributed by atoms with Crippen LogP contribution in [-0.2, 0) is 9.53 Å². The maximum absolute atomic E-state index is 13.4. The Morgan fingerprint density at radius 3 is 2.45 bits per heavy atom. The Morgan fingerprint density at radius 1 is 1.13 bits per heavy atom. The molecule has 31 heavy (non-hydrogen) atoms. The molecule has 1 atom stereocenters. The van der Waals surface area contributed by atoms with Crippen molar-refractivity contribution in [3.05, 3.63) is 53.1 Å². The summed E-state index contributed by atoms with van der Waals surface area (Å²) < 4.78 is 16.3. The summed E-state index contributed by atoms with van der Waals surface area (Å²) in [5.74, 6) is 0.498. The number of carbonyl (C=O) groups is 2. The van der Waals surface area contributed by atoms with E-state index in [1.165, 1.54) is 19.1 Å². The Balaban J connectivity index is 1.81. The Labute approximate surface area is 183 Å². The van der Waals surface area contributed by atoms with Gasteiger partial charge < -0.3 is 24.4 Å². The lowest BCUT2D eigenvalue weighted by Gasteiger charge is -2.25. The molecular weight excluding hydrogens is 396 g/mol. The summed E-state index contributed by atoms with van der Waals surface area (Å²) in [6.45, 7) is 4.90. The van der Waals surface area contributed by atoms with Gasteiger partial charge in [0.15, 0.2) is 0 Å². The van der Waals surface area contributed by atoms with Crippen LogP contribution in [0.4, 0.5) is 5.69 Å². The average molecular weight is 427 g/mol. The fraction of sp³-hybridized carbons (Fsp3) is 0.417. The van der Waals surface area contributed by atoms with Gasteiger partial charge in [0, 0.05) is 30.5 Å². The van der Waals surface area contributed by atoms with Crippen LogP contribution >= 0.6 is 0 Å². The van der Waals surface area contributed by atoms with Gasteiger partial charge in [-0.2, -0.15) is 0 Å². The maximum Gasteiger partial charge on any atom is 0.254 e. The fourth-order valence-electron chi connectivity index (χ4n) is 3.62. The first-order valence-corrected chi connectivity index (χ1v) is 10.4. The van der Waals surface area contributed by atoms with Gasteiger partial charge in [0.25, 0.3) is 5.91 Å². The molecule has 2 aromatic rings. The van der Waals surface area contributed by atoms with Gasteiger partial charge in [-0.25, -0.2) is 0 Å². The summed E-state index contributed by atoms with van der Waals surface area (Å²) >= 11 is 0. The van der Waals surface area contributed by atoms with E-state index in [0.29, 0.717) is 30.2 Å². The van der Waals surface area contributed by atoms with E-state index in [4.69, 9.17) is 14.2 Å². The lowest BCUT2D eigenvalue weighted by molar-refractivity contribution is -0.117. The summed E-state index contributed by atoms with van der Waals surface area (Å²) in [7, 11) is 3.07. The van der Waals surface area contributed by atoms with Gasteiger partial charge >= 0.3 is 0 Å². The smallest absolute Gasteiger partial charge is 0.254 e. The van der Waals surface area contributed by atoms with Crippen LogP contribution in [0.3, 0.4) is 0 Å². The highest BCUT2D eigenvalue weighted by Gasteiger charge is 2.26. The minimum absolute atomic E-state index is 0.0778. The van der Waals surface area contributed by atoms with Crippen molar-refractivity contribution in [3.8, 4) is 11.5 Å². The molecule has 7 heteroatoms. The largest absolute Gasteiger partial charge is 0.497 e. The summed E-state index contributed by atoms with van der Waals surface area (Å²) in [6, 6.07) is 10.8. The molecule has 0 spiro atoms. The van der Waals surface area contributed by atoms with Crippen LogP contribution in [0.1, 0.15) is 34.3 Å². The van der Waals surface area contributed by atoms with E-state index in [-0.39, 0.29) is 24.5 Å². The molecule has 0 aromatic heterocycles. The Hall–Kier alpha value is -3.06. The van der Waals surface area contributed by atoms with E-state index >= 15 is 0 Å². The number of hydrogen-bond donors (Lipinski definition) is 1. The zero-order valence-electron chi connectivity index (χ0n) is 18.6. The molecule has 1 saturated heterocycles. The molecule has 0 radical (unpaired) electrons. The number of amides is 2. The lowest BCUT2D eigenvalue weighted by Crippen LogP contribution is -2.42. The molecule has 7 nitrogen and oxygen atoms in total. The van der Waals surface area contributed by atoms with E-state index < -0.39 is 0 Å². The molecule has 1 aliphatic rings. The average Bonchev–Trinajstić information content (AvgIpc) is 3.28. The van der Waals surface area contributed by atoms with Crippen LogP contribution in [0.5, 0.6) is 11.5 Å². The van der Waals surface area contributed by atoms with E-state index in [9.17, 15) is 9.59 Å². The van der Waals surface area contributed by atoms with E-state index in [0.717, 1.165) is 29.7 Å². The summed E-state index contributed by atoms with van der Waals surface area (Å²) in [5, 5.41) is 2.93. The van der Waals surface area contributed by atoms with Gasteiger partial charge in [0.2, 0.25) is 5.91 Å². The number of anilines is 1. The number of nitrogens with one attached hydrogen (secondary N) is 1. The van der Waals surface area contributed by atoms with Gasteiger partial charge in [-0.1, -0.05) is 12.1 Å². The van der Waals surface area contributed by atoms with Gasteiger partial charge in [-0.3, -0.25) is 9.59 Å². The molecular formula is C24H30N2O5. The first kappa shape index (κ1) is 22.6. The second-order valence-electron chi connectivity index (χ2n) is 7.72. The number of hydrogen-bond acceptors (Lipinski definition) is 5. The Bertz CT molecular complexity index is 915. The van der Waals surface area contributed by atoms with Crippen molar-refractivity contribution < 1.29 is 23.8 Å². The third-order valence-corrected chi connectivity index (χ3v) is 5.55. The standard InChI is InChI=1S/C24H30N2O5/c1-16-7-5-9-22(17(16)2)25-23(27)15-26(14-19-8-6-10-31-19)24(28)18-11-20(29-3)13-21(12-18)30-4/h5,7,9,11-13,19H,6,8,10,14-15H2,1-4H3,(H,25,27)/t19-/m1/s1. The fourth-order valence-corrected chi connectivity index (χ4v) is 3.62. The monoisotopic (exact) mass is 426 g/mol. The number of carbonyl (C=O) groups excluding carboxylic acids is 2. The quantitative estimate of drug-likeness (QED) is 0.698. The molecule has 2 amide bonds. The van der Waals surface area contributed by atoms with Crippen molar-refractivity contribution in [2.45, 2.75) is 32.8 Å². The Kier molecular flexibility index (Phi) is 7.52. The number of methoxy groups -OCH3 is 2. The second kappa shape index (κ2) is 10.3. The highest BCUT2D eigenvalue weighted by atomic mass is 16.5. The number of nitrogens with zero attached hydrogens (tertiary/aromatic N) is 1. The van der Waals surface area contributed by atoms with Crippen molar-refractivity contribution in [1.82, 2.24) is 4.90 Å². The highest BCUT2D eigenvalue weighted by molar-refractivity contribution is 6.00. The van der Waals surface area contributed by atoms with Crippen LogP contribution in [0.2, 0.25) is 0 Å². The molecule has 166 valence electrons. The minimum atomic E-state index is -0.274. The third kappa shape index (κ3) is 5.76. The van der Waals surface area contributed by atoms with Crippen molar-refractivity contribution in [3.63, 3.8) is 0 Å². The van der Waals surface area contributed by atoms with Gasteiger partial charge in [-0.05, 0) is 56.0 Å². The van der Waals surface area contributed by atoms with Crippen LogP contribution in [0.15, 0.2) is 36.4 Å². The molecule has 0 saturated carbocycles. The van der Waals surface area contributed by atoms with Crippen molar-refractivity contribution in [2.24, 2.45) is 0 Å². The SMILES string of the molecule is COc1cc(OC)cc(C(=O)N(CC(=O)Nc2cccc(C)c2C)C[C@H]2CCCO2)c1. The van der Waals surface area contributed by atoms with Crippen LogP contribution in [-0.4, -0.2) is 56.7 Å². The molecule has 3 rings (SSSR count). The predicted octanol–water partition coefficient (Wildman–Crippen LogP) is 3.58. The van der Waals surface area contributed by atoms with Crippen LogP contribution in [0, 0.1) is 13.8 Å². The predicted molar refractivity (Wildman–Crippen MR) is 119 cm³/mol. The van der Waals surface area contributed by atoms with Gasteiger partial charge in [0.05, 0.1) is 20.3 Å². The molecule has 2 aromatic carbocycles. The van der Waals surface area contributed by atoms with Crippen molar-refractivity contribution >= 4 is 17.5 Å². The van der Waals surface area contributed by atoms with Gasteiger partial charge in [0.1, 0.15) is 18.0 Å². The van der Waals surface area contributed by atoms with E-state index in [1.807, 2.05) is 32.0 Å². The molecule has 1 aliphatic heterocycles. The summed E-state index contributed by atoms with van der Waals surface area (Å²) in [4.78, 5) is 27.7. The number of ether oxygens (including phenoxy) is 3. The molecule has 1 fully saturated rings. The molecule has 1 heterocycles. The van der Waals surface area contributed by atoms with E-state index in [1.54, 1.807) is 18.2 Å². The van der Waals surface area contributed by atoms with Crippen molar-refractivity contribution in [2.75, 3.05) is 39.2 Å². The molecule has 0 bridgehead atoms. The Morgan fingerprint density at radius 2 is 1.84 bits per heavy atom. The number of rotatable bonds is 8. The topological polar surface area (TPSA) is 77.1 Å². The van der Waals surface area contributed by atoms with E-state index in [2.05, 4.69) is 5.32 Å². The summed E-state index contributed by atoms with van der Waals surface area (Å²) in [6.07, 6.45) is 1.74.